The maximum Gasteiger partial charge on any atom is 0.444 e. The quantitative estimate of drug-likeness (QED) is 0.212. The highest BCUT2D eigenvalue weighted by Crippen LogP contribution is 2.48. The zero-order chi connectivity index (χ0) is 26.3. The first kappa shape index (κ1) is 26.2. The highest BCUT2D eigenvalue weighted by molar-refractivity contribution is 7.54. The third-order valence-corrected chi connectivity index (χ3v) is 7.35. The number of aryl methyl sites for hydroxylation is 2. The summed E-state index contributed by atoms with van der Waals surface area (Å²) in [6.45, 7) is 3.81. The largest absolute Gasteiger partial charge is 0.480 e. The number of nitrogens with one attached hydrogen (secondary N) is 1. The van der Waals surface area contributed by atoms with Crippen LogP contribution in [-0.2, 0) is 15.8 Å². The Morgan fingerprint density at radius 2 is 1.32 bits per heavy atom. The first-order chi connectivity index (χ1) is 17.8. The summed E-state index contributed by atoms with van der Waals surface area (Å²) < 4.78 is 25.6. The Kier molecular flexibility index (Phi) is 8.44. The van der Waals surface area contributed by atoms with E-state index in [-0.39, 0.29) is 12.7 Å². The van der Waals surface area contributed by atoms with E-state index in [4.69, 9.17) is 9.05 Å². The van der Waals surface area contributed by atoms with Crippen LogP contribution in [0.4, 0.5) is 0 Å². The van der Waals surface area contributed by atoms with Gasteiger partial charge in [-0.1, -0.05) is 78.9 Å². The van der Waals surface area contributed by atoms with E-state index in [0.29, 0.717) is 11.5 Å². The van der Waals surface area contributed by atoms with Gasteiger partial charge in [0.1, 0.15) is 23.8 Å². The summed E-state index contributed by atoms with van der Waals surface area (Å²) in [4.78, 5) is 12.1. The number of carboxylic acid groups (broad SMARTS) is 1. The van der Waals surface area contributed by atoms with E-state index in [1.807, 2.05) is 80.6 Å². The third-order valence-electron chi connectivity index (χ3n) is 5.80. The molecule has 0 unspecified atom stereocenters. The molecule has 0 spiro atoms. The third kappa shape index (κ3) is 7.56. The van der Waals surface area contributed by atoms with E-state index in [9.17, 15) is 14.5 Å². The lowest BCUT2D eigenvalue weighted by atomic mass is 10.0. The smallest absolute Gasteiger partial charge is 0.444 e. The lowest BCUT2D eigenvalue weighted by molar-refractivity contribution is -0.139. The summed E-state index contributed by atoms with van der Waals surface area (Å²) in [5.74, 6) is -0.271. The number of rotatable bonds is 11. The van der Waals surface area contributed by atoms with Crippen LogP contribution < -0.4 is 14.4 Å². The molecule has 2 N–H and O–H groups in total. The topological polar surface area (TPSA) is 84.9 Å². The number of benzene rings is 4. The lowest BCUT2D eigenvalue weighted by Gasteiger charge is -2.23. The van der Waals surface area contributed by atoms with Crippen molar-refractivity contribution in [2.24, 2.45) is 0 Å². The van der Waals surface area contributed by atoms with Crippen molar-refractivity contribution < 1.29 is 23.5 Å². The Labute approximate surface area is 217 Å². The molecule has 0 aliphatic carbocycles. The minimum Gasteiger partial charge on any atom is -0.480 e. The van der Waals surface area contributed by atoms with E-state index >= 15 is 0 Å². The van der Waals surface area contributed by atoms with Crippen LogP contribution in [0.15, 0.2) is 103 Å². The second kappa shape index (κ2) is 11.9. The summed E-state index contributed by atoms with van der Waals surface area (Å²) >= 11 is 0. The Morgan fingerprint density at radius 3 is 1.84 bits per heavy atom. The molecule has 0 bridgehead atoms. The molecule has 0 fully saturated rings. The molecule has 7 heteroatoms. The summed E-state index contributed by atoms with van der Waals surface area (Å²) in [5.41, 5.74) is 4.86. The second-order valence-electron chi connectivity index (χ2n) is 8.95. The van der Waals surface area contributed by atoms with Crippen LogP contribution in [-0.4, -0.2) is 23.4 Å². The van der Waals surface area contributed by atoms with Gasteiger partial charge in [0.05, 0.1) is 0 Å². The number of aliphatic carboxylic acids is 1. The van der Waals surface area contributed by atoms with Gasteiger partial charge >= 0.3 is 13.6 Å². The van der Waals surface area contributed by atoms with E-state index in [2.05, 4.69) is 5.32 Å². The van der Waals surface area contributed by atoms with Crippen LogP contribution in [0.2, 0.25) is 0 Å². The molecular weight excluding hydrogens is 485 g/mol. The maximum absolute atomic E-state index is 13.9. The highest BCUT2D eigenvalue weighted by atomic mass is 31.2. The van der Waals surface area contributed by atoms with Crippen LogP contribution in [0.3, 0.4) is 0 Å². The molecule has 0 aromatic heterocycles. The van der Waals surface area contributed by atoms with Gasteiger partial charge in [-0.3, -0.25) is 10.1 Å². The molecule has 4 aromatic rings. The number of hydrogen-bond donors (Lipinski definition) is 2. The monoisotopic (exact) mass is 515 g/mol. The minimum atomic E-state index is -3.82. The molecule has 6 nitrogen and oxygen atoms in total. The standard InChI is InChI=1S/C30H30NO5P/c1-22-8-6-12-27(18-22)35-37(34,36-28-13-7-9-23(2)19-28)21-31-29(30(32)33)20-24-14-16-26(17-15-24)25-10-4-3-5-11-25/h3-19,29,31H,20-21H2,1-2H3,(H,32,33)/t29-/m0/s1. The molecule has 0 radical (unpaired) electrons. The molecular formula is C30H30NO5P. The molecule has 190 valence electrons. The molecule has 4 aromatic carbocycles. The molecule has 0 heterocycles. The zero-order valence-corrected chi connectivity index (χ0v) is 21.7. The van der Waals surface area contributed by atoms with Crippen LogP contribution >= 0.6 is 7.60 Å². The van der Waals surface area contributed by atoms with Gasteiger partial charge in [-0.05, 0) is 72.4 Å². The maximum atomic E-state index is 13.9. The van der Waals surface area contributed by atoms with Crippen molar-refractivity contribution in [2.45, 2.75) is 26.3 Å². The molecule has 37 heavy (non-hydrogen) atoms. The van der Waals surface area contributed by atoms with E-state index in [1.54, 1.807) is 36.4 Å². The minimum absolute atomic E-state index is 0.208. The molecule has 0 aliphatic rings. The van der Waals surface area contributed by atoms with Gasteiger partial charge < -0.3 is 14.2 Å². The molecule has 4 rings (SSSR count). The first-order valence-electron chi connectivity index (χ1n) is 12.0. The summed E-state index contributed by atoms with van der Waals surface area (Å²) in [7, 11) is -3.82. The fourth-order valence-electron chi connectivity index (χ4n) is 3.92. The Hall–Kier alpha value is -3.86. The van der Waals surface area contributed by atoms with Gasteiger partial charge in [0.15, 0.2) is 0 Å². The number of carboxylic acids is 1. The Bertz CT molecular complexity index is 1340. The van der Waals surface area contributed by atoms with Crippen LogP contribution in [0.5, 0.6) is 11.5 Å². The molecule has 1 atom stereocenters. The highest BCUT2D eigenvalue weighted by Gasteiger charge is 2.31. The lowest BCUT2D eigenvalue weighted by Crippen LogP contribution is -2.39. The zero-order valence-electron chi connectivity index (χ0n) is 20.8. The molecule has 0 aliphatic heterocycles. The van der Waals surface area contributed by atoms with Gasteiger partial charge in [-0.25, -0.2) is 4.57 Å². The van der Waals surface area contributed by atoms with E-state index in [1.165, 1.54) is 0 Å². The Morgan fingerprint density at radius 1 is 0.784 bits per heavy atom. The van der Waals surface area contributed by atoms with Crippen molar-refractivity contribution in [1.82, 2.24) is 5.32 Å². The molecule has 0 saturated heterocycles. The van der Waals surface area contributed by atoms with Crippen LogP contribution in [0, 0.1) is 13.8 Å². The van der Waals surface area contributed by atoms with Crippen molar-refractivity contribution in [1.29, 1.82) is 0 Å². The predicted molar refractivity (Wildman–Crippen MR) is 146 cm³/mol. The molecule has 0 saturated carbocycles. The van der Waals surface area contributed by atoms with Gasteiger partial charge in [-0.2, -0.15) is 0 Å². The van der Waals surface area contributed by atoms with Gasteiger partial charge in [0.25, 0.3) is 0 Å². The summed E-state index contributed by atoms with van der Waals surface area (Å²) in [6.07, 6.45) is -0.0761. The number of hydrogen-bond acceptors (Lipinski definition) is 5. The molecule has 0 amide bonds. The average Bonchev–Trinajstić information content (AvgIpc) is 2.87. The average molecular weight is 516 g/mol. The second-order valence-corrected chi connectivity index (χ2v) is 10.8. The summed E-state index contributed by atoms with van der Waals surface area (Å²) in [5, 5.41) is 12.8. The van der Waals surface area contributed by atoms with E-state index in [0.717, 1.165) is 27.8 Å². The van der Waals surface area contributed by atoms with Gasteiger partial charge in [0, 0.05) is 0 Å². The van der Waals surface area contributed by atoms with Crippen molar-refractivity contribution in [3.8, 4) is 22.6 Å². The van der Waals surface area contributed by atoms with Crippen LogP contribution in [0.25, 0.3) is 11.1 Å². The Balaban J connectivity index is 1.50. The fourth-order valence-corrected chi connectivity index (χ4v) is 5.40. The van der Waals surface area contributed by atoms with Crippen molar-refractivity contribution in [3.05, 3.63) is 120 Å². The first-order valence-corrected chi connectivity index (χ1v) is 13.7. The predicted octanol–water partition coefficient (Wildman–Crippen LogP) is 6.86. The fraction of sp³-hybridized carbons (Fsp3) is 0.167. The van der Waals surface area contributed by atoms with Crippen LogP contribution in [0.1, 0.15) is 16.7 Å². The van der Waals surface area contributed by atoms with Crippen molar-refractivity contribution in [2.75, 3.05) is 6.29 Å². The van der Waals surface area contributed by atoms with Crippen molar-refractivity contribution in [3.63, 3.8) is 0 Å². The summed E-state index contributed by atoms with van der Waals surface area (Å²) in [6, 6.07) is 31.0. The SMILES string of the molecule is Cc1cccc(OP(=O)(CN[C@@H](Cc2ccc(-c3ccccc3)cc2)C(=O)O)Oc2cccc(C)c2)c1. The van der Waals surface area contributed by atoms with Gasteiger partial charge in [0.2, 0.25) is 0 Å². The van der Waals surface area contributed by atoms with E-state index < -0.39 is 19.6 Å². The normalized spacial score (nSPS) is 12.1. The van der Waals surface area contributed by atoms with Gasteiger partial charge in [-0.15, -0.1) is 0 Å². The van der Waals surface area contributed by atoms with Crippen molar-refractivity contribution >= 4 is 13.6 Å². The number of carbonyl (C=O) groups is 1.